The number of hydrogen-bond acceptors (Lipinski definition) is 7. The molecule has 2 saturated heterocycles. The molecule has 1 aromatic carbocycles. The topological polar surface area (TPSA) is 113 Å². The lowest BCUT2D eigenvalue weighted by atomic mass is 9.94. The van der Waals surface area contributed by atoms with Crippen LogP contribution in [0.1, 0.15) is 33.3 Å². The van der Waals surface area contributed by atoms with E-state index in [2.05, 4.69) is 5.32 Å². The molecule has 0 aromatic heterocycles. The van der Waals surface area contributed by atoms with Gasteiger partial charge in [-0.25, -0.2) is 4.79 Å². The van der Waals surface area contributed by atoms with Gasteiger partial charge in [0.2, 0.25) is 11.7 Å². The van der Waals surface area contributed by atoms with Crippen LogP contribution in [-0.2, 0) is 30.3 Å². The largest absolute Gasteiger partial charge is 0.456 e. The van der Waals surface area contributed by atoms with Crippen LogP contribution < -0.4 is 5.32 Å². The number of esters is 1. The van der Waals surface area contributed by atoms with Gasteiger partial charge in [-0.15, -0.1) is 11.8 Å². The van der Waals surface area contributed by atoms with Gasteiger partial charge in [0.05, 0.1) is 11.7 Å². The second kappa shape index (κ2) is 7.46. The van der Waals surface area contributed by atoms with Gasteiger partial charge in [-0.3, -0.25) is 19.3 Å². The molecule has 0 saturated carbocycles. The third-order valence-corrected chi connectivity index (χ3v) is 6.04. The Morgan fingerprint density at radius 1 is 1.24 bits per heavy atom. The van der Waals surface area contributed by atoms with Gasteiger partial charge in [0.1, 0.15) is 17.0 Å². The molecule has 3 rings (SSSR count). The van der Waals surface area contributed by atoms with Crippen molar-refractivity contribution < 1.29 is 29.0 Å². The summed E-state index contributed by atoms with van der Waals surface area (Å²) in [6, 6.07) is 8.12. The number of rotatable bonds is 4. The maximum Gasteiger partial charge on any atom is 0.368 e. The van der Waals surface area contributed by atoms with Crippen molar-refractivity contribution in [1.82, 2.24) is 10.2 Å². The first-order chi connectivity index (χ1) is 13.4. The van der Waals surface area contributed by atoms with E-state index in [-0.39, 0.29) is 12.3 Å². The molecule has 9 heteroatoms. The number of amides is 2. The predicted molar refractivity (Wildman–Crippen MR) is 106 cm³/mol. The summed E-state index contributed by atoms with van der Waals surface area (Å²) >= 11 is 1.12. The van der Waals surface area contributed by atoms with Gasteiger partial charge in [-0.05, 0) is 33.3 Å². The molecular formula is C20H24N2O6S. The molecule has 0 unspecified atom stereocenters. The quantitative estimate of drug-likeness (QED) is 0.417. The highest BCUT2D eigenvalue weighted by atomic mass is 32.2. The minimum atomic E-state index is -2.69. The van der Waals surface area contributed by atoms with Crippen LogP contribution in [-0.4, -0.2) is 61.6 Å². The summed E-state index contributed by atoms with van der Waals surface area (Å²) < 4.78 is 5.19. The van der Waals surface area contributed by atoms with E-state index in [4.69, 9.17) is 4.74 Å². The average molecular weight is 420 g/mol. The molecular weight excluding hydrogens is 396 g/mol. The molecule has 2 fully saturated rings. The van der Waals surface area contributed by atoms with Crippen LogP contribution in [0.5, 0.6) is 0 Å². The van der Waals surface area contributed by atoms with Gasteiger partial charge in [0.15, 0.2) is 0 Å². The molecule has 0 radical (unpaired) electrons. The normalized spacial score (nSPS) is 29.0. The number of hydrogen-bond donors (Lipinski definition) is 2. The standard InChI is InChI=1S/C20H24N2O6S/c1-11-15(24)20(27,18(26)28-19(2,3)4)22-16(25)14(17(22)29-11)21-13(23)10-12-8-6-5-7-9-12/h5-9,11,14,17,27H,10H2,1-4H3,(H,21,23)/t11-,14+,17+,20+/m0/s1. The number of ether oxygens (including phenoxy) is 1. The first kappa shape index (κ1) is 21.3. The summed E-state index contributed by atoms with van der Waals surface area (Å²) in [5, 5.41) is 12.1. The van der Waals surface area contributed by atoms with Crippen molar-refractivity contribution in [3.05, 3.63) is 35.9 Å². The summed E-state index contributed by atoms with van der Waals surface area (Å²) in [7, 11) is 0. The second-order valence-corrected chi connectivity index (χ2v) is 9.59. The summed E-state index contributed by atoms with van der Waals surface area (Å²) in [6.07, 6.45) is 0.0901. The highest BCUT2D eigenvalue weighted by Gasteiger charge is 2.68. The number of Topliss-reactive ketones (excluding diaryl/α,β-unsaturated/α-hetero) is 1. The fourth-order valence-corrected chi connectivity index (χ4v) is 4.73. The second-order valence-electron chi connectivity index (χ2n) is 8.12. The van der Waals surface area contributed by atoms with E-state index in [0.29, 0.717) is 0 Å². The van der Waals surface area contributed by atoms with Crippen molar-refractivity contribution in [3.8, 4) is 0 Å². The first-order valence-electron chi connectivity index (χ1n) is 9.27. The monoisotopic (exact) mass is 420 g/mol. The molecule has 0 bridgehead atoms. The van der Waals surface area contributed by atoms with Crippen molar-refractivity contribution in [2.24, 2.45) is 0 Å². The van der Waals surface area contributed by atoms with Crippen molar-refractivity contribution in [2.45, 2.75) is 62.1 Å². The molecule has 8 nitrogen and oxygen atoms in total. The van der Waals surface area contributed by atoms with Crippen LogP contribution >= 0.6 is 11.8 Å². The van der Waals surface area contributed by atoms with Crippen LogP contribution in [0.4, 0.5) is 0 Å². The van der Waals surface area contributed by atoms with Crippen molar-refractivity contribution >= 4 is 35.3 Å². The number of β-lactam (4-membered cyclic amide) rings is 1. The van der Waals surface area contributed by atoms with E-state index in [1.807, 2.05) is 18.2 Å². The van der Waals surface area contributed by atoms with Crippen molar-refractivity contribution in [3.63, 3.8) is 0 Å². The third kappa shape index (κ3) is 3.89. The number of benzene rings is 1. The number of thioether (sulfide) groups is 1. The van der Waals surface area contributed by atoms with Crippen LogP contribution in [0.2, 0.25) is 0 Å². The van der Waals surface area contributed by atoms with Gasteiger partial charge in [-0.2, -0.15) is 0 Å². The van der Waals surface area contributed by atoms with Crippen LogP contribution in [0.15, 0.2) is 30.3 Å². The van der Waals surface area contributed by atoms with E-state index in [1.54, 1.807) is 39.8 Å². The smallest absolute Gasteiger partial charge is 0.368 e. The Labute approximate surface area is 173 Å². The highest BCUT2D eigenvalue weighted by molar-refractivity contribution is 8.01. The van der Waals surface area contributed by atoms with Crippen LogP contribution in [0, 0.1) is 0 Å². The van der Waals surface area contributed by atoms with Gasteiger partial charge in [0.25, 0.3) is 5.91 Å². The van der Waals surface area contributed by atoms with Gasteiger partial charge in [0, 0.05) is 0 Å². The summed E-state index contributed by atoms with van der Waals surface area (Å²) in [5.41, 5.74) is -2.85. The summed E-state index contributed by atoms with van der Waals surface area (Å²) in [6.45, 7) is 6.34. The van der Waals surface area contributed by atoms with E-state index in [9.17, 15) is 24.3 Å². The molecule has 2 aliphatic rings. The Balaban J connectivity index is 1.77. The van der Waals surface area contributed by atoms with Crippen LogP contribution in [0.3, 0.4) is 0 Å². The van der Waals surface area contributed by atoms with Gasteiger partial charge in [-0.1, -0.05) is 30.3 Å². The lowest BCUT2D eigenvalue weighted by Gasteiger charge is -2.56. The minimum absolute atomic E-state index is 0.0901. The summed E-state index contributed by atoms with van der Waals surface area (Å²) in [4.78, 5) is 51.1. The molecule has 2 aliphatic heterocycles. The average Bonchev–Trinajstić information content (AvgIpc) is 2.63. The number of aliphatic hydroxyl groups is 1. The number of carbonyl (C=O) groups is 4. The maximum absolute atomic E-state index is 12.7. The van der Waals surface area contributed by atoms with E-state index >= 15 is 0 Å². The molecule has 2 amide bonds. The lowest BCUT2D eigenvalue weighted by molar-refractivity contribution is -0.215. The Morgan fingerprint density at radius 3 is 2.45 bits per heavy atom. The SMILES string of the molecule is C[C@@H]1S[C@@H]2[C@H](NC(=O)Cc3ccccc3)C(=O)N2[C@](O)(C(=O)OC(C)(C)C)C1=O. The Kier molecular flexibility index (Phi) is 5.48. The molecule has 1 aromatic rings. The number of nitrogens with zero attached hydrogens (tertiary/aromatic N) is 1. The number of nitrogens with one attached hydrogen (secondary N) is 1. The zero-order valence-corrected chi connectivity index (χ0v) is 17.5. The predicted octanol–water partition coefficient (Wildman–Crippen LogP) is 0.617. The molecule has 156 valence electrons. The number of ketones is 1. The Morgan fingerprint density at radius 2 is 1.86 bits per heavy atom. The fourth-order valence-electron chi connectivity index (χ4n) is 3.31. The minimum Gasteiger partial charge on any atom is -0.456 e. The highest BCUT2D eigenvalue weighted by Crippen LogP contribution is 2.44. The Hall–Kier alpha value is -2.39. The number of fused-ring (bicyclic) bond motifs is 1. The first-order valence-corrected chi connectivity index (χ1v) is 10.2. The zero-order chi connectivity index (χ0) is 21.6. The van der Waals surface area contributed by atoms with E-state index in [0.717, 1.165) is 22.2 Å². The van der Waals surface area contributed by atoms with E-state index in [1.165, 1.54) is 0 Å². The third-order valence-electron chi connectivity index (χ3n) is 4.66. The molecule has 0 aliphatic carbocycles. The molecule has 29 heavy (non-hydrogen) atoms. The maximum atomic E-state index is 12.7. The zero-order valence-electron chi connectivity index (χ0n) is 16.7. The molecule has 2 heterocycles. The Bertz CT molecular complexity index is 852. The van der Waals surface area contributed by atoms with Gasteiger partial charge < -0.3 is 15.2 Å². The lowest BCUT2D eigenvalue weighted by Crippen LogP contribution is -2.82. The van der Waals surface area contributed by atoms with Crippen molar-refractivity contribution in [1.29, 1.82) is 0 Å². The fraction of sp³-hybridized carbons (Fsp3) is 0.500. The summed E-state index contributed by atoms with van der Waals surface area (Å²) in [5.74, 6) is -3.05. The molecule has 0 spiro atoms. The molecule has 4 atom stereocenters. The van der Waals surface area contributed by atoms with Crippen LogP contribution in [0.25, 0.3) is 0 Å². The number of carbonyl (C=O) groups excluding carboxylic acids is 4. The van der Waals surface area contributed by atoms with Crippen molar-refractivity contribution in [2.75, 3.05) is 0 Å². The molecule has 2 N–H and O–H groups in total. The van der Waals surface area contributed by atoms with E-state index < -0.39 is 45.7 Å². The van der Waals surface area contributed by atoms with Gasteiger partial charge >= 0.3 is 11.7 Å².